The first-order valence-corrected chi connectivity index (χ1v) is 9.58. The third kappa shape index (κ3) is 5.03. The van der Waals surface area contributed by atoms with E-state index in [4.69, 9.17) is 5.41 Å². The molecule has 0 aliphatic carbocycles. The molecule has 146 valence electrons. The summed E-state index contributed by atoms with van der Waals surface area (Å²) in [7, 11) is 0. The van der Waals surface area contributed by atoms with Crippen molar-refractivity contribution in [2.45, 2.75) is 33.1 Å². The molecule has 0 spiro atoms. The van der Waals surface area contributed by atoms with Crippen LogP contribution in [0.15, 0.2) is 42.7 Å². The minimum atomic E-state index is -0.228. The number of anilines is 1. The van der Waals surface area contributed by atoms with Gasteiger partial charge < -0.3 is 15.6 Å². The highest BCUT2D eigenvalue weighted by Crippen LogP contribution is 2.24. The molecule has 6 nitrogen and oxygen atoms in total. The summed E-state index contributed by atoms with van der Waals surface area (Å²) >= 11 is 0. The van der Waals surface area contributed by atoms with Crippen LogP contribution in [0.4, 0.5) is 5.69 Å². The number of benzene rings is 1. The highest BCUT2D eigenvalue weighted by Gasteiger charge is 2.23. The van der Waals surface area contributed by atoms with Crippen LogP contribution >= 0.6 is 0 Å². The van der Waals surface area contributed by atoms with Crippen LogP contribution < -0.4 is 10.2 Å². The van der Waals surface area contributed by atoms with Crippen LogP contribution in [0.2, 0.25) is 0 Å². The molecular weight excluding hydrogens is 352 g/mol. The van der Waals surface area contributed by atoms with Gasteiger partial charge in [-0.2, -0.15) is 0 Å². The predicted octanol–water partition coefficient (Wildman–Crippen LogP) is 3.20. The van der Waals surface area contributed by atoms with E-state index in [2.05, 4.69) is 17.2 Å². The number of nitrogens with one attached hydrogen (secondary N) is 2. The molecule has 1 saturated heterocycles. The van der Waals surface area contributed by atoms with Gasteiger partial charge in [-0.25, -0.2) is 0 Å². The van der Waals surface area contributed by atoms with Gasteiger partial charge in [0.05, 0.1) is 12.1 Å². The molecule has 1 atom stereocenters. The summed E-state index contributed by atoms with van der Waals surface area (Å²) in [6, 6.07) is 9.84. The number of hydrogen-bond acceptors (Lipinski definition) is 4. The third-order valence-corrected chi connectivity index (χ3v) is 4.90. The molecule has 1 aliphatic rings. The Bertz CT molecular complexity index is 876. The number of hydrogen-bond donors (Lipinski definition) is 2. The normalized spacial score (nSPS) is 16.7. The van der Waals surface area contributed by atoms with Crippen LogP contribution in [-0.2, 0) is 11.2 Å². The molecule has 1 fully saturated rings. The molecule has 28 heavy (non-hydrogen) atoms. The average molecular weight is 378 g/mol. The van der Waals surface area contributed by atoms with Crippen molar-refractivity contribution >= 4 is 23.2 Å². The van der Waals surface area contributed by atoms with Gasteiger partial charge in [0.25, 0.3) is 5.91 Å². The van der Waals surface area contributed by atoms with Crippen LogP contribution in [0.3, 0.4) is 0 Å². The van der Waals surface area contributed by atoms with Gasteiger partial charge in [-0.1, -0.05) is 19.1 Å². The van der Waals surface area contributed by atoms with Crippen LogP contribution in [0.1, 0.15) is 48.2 Å². The van der Waals surface area contributed by atoms with Crippen molar-refractivity contribution in [3.05, 3.63) is 59.4 Å². The van der Waals surface area contributed by atoms with E-state index in [9.17, 15) is 9.59 Å². The van der Waals surface area contributed by atoms with Crippen LogP contribution in [0, 0.1) is 11.3 Å². The third-order valence-electron chi connectivity index (χ3n) is 4.90. The summed E-state index contributed by atoms with van der Waals surface area (Å²) in [5.41, 5.74) is 3.86. The maximum atomic E-state index is 12.2. The topological polar surface area (TPSA) is 86.2 Å². The number of carbonyl (C=O) groups excluding carboxylic acids is 2. The zero-order valence-corrected chi connectivity index (χ0v) is 16.4. The Hall–Kier alpha value is -3.02. The quantitative estimate of drug-likeness (QED) is 0.757. The lowest BCUT2D eigenvalue weighted by molar-refractivity contribution is -0.120. The standard InChI is InChI=1S/C22H26N4O2/c1-15-7-8-26(21(27)9-15)20-5-3-17(4-6-20)10-18-11-19(14-24-13-18)22(28)25-12-16(2)23/h3-6,11,13-15,23H,7-10,12H2,1-2H3,(H,25,28). The molecule has 2 aromatic rings. The molecule has 0 saturated carbocycles. The van der Waals surface area contributed by atoms with Crippen molar-refractivity contribution in [1.82, 2.24) is 10.3 Å². The Kier molecular flexibility index (Phi) is 6.19. The summed E-state index contributed by atoms with van der Waals surface area (Å²) in [5.74, 6) is 0.423. The maximum absolute atomic E-state index is 12.2. The molecule has 1 aliphatic heterocycles. The zero-order chi connectivity index (χ0) is 20.1. The highest BCUT2D eigenvalue weighted by atomic mass is 16.2. The number of nitrogens with zero attached hydrogens (tertiary/aromatic N) is 2. The minimum Gasteiger partial charge on any atom is -0.347 e. The molecule has 2 heterocycles. The summed E-state index contributed by atoms with van der Waals surface area (Å²) in [6.07, 6.45) is 5.58. The molecule has 2 N–H and O–H groups in total. The van der Waals surface area contributed by atoms with Gasteiger partial charge in [-0.05, 0) is 55.0 Å². The monoisotopic (exact) mass is 378 g/mol. The summed E-state index contributed by atoms with van der Waals surface area (Å²) in [5, 5.41) is 10.1. The smallest absolute Gasteiger partial charge is 0.253 e. The molecular formula is C22H26N4O2. The van der Waals surface area contributed by atoms with E-state index in [1.807, 2.05) is 35.2 Å². The largest absolute Gasteiger partial charge is 0.347 e. The maximum Gasteiger partial charge on any atom is 0.253 e. The van der Waals surface area contributed by atoms with E-state index < -0.39 is 0 Å². The Morgan fingerprint density at radius 1 is 1.25 bits per heavy atom. The Morgan fingerprint density at radius 2 is 2.00 bits per heavy atom. The van der Waals surface area contributed by atoms with Gasteiger partial charge in [0.1, 0.15) is 0 Å². The van der Waals surface area contributed by atoms with E-state index in [1.165, 1.54) is 6.20 Å². The lowest BCUT2D eigenvalue weighted by Gasteiger charge is -2.30. The van der Waals surface area contributed by atoms with E-state index in [0.29, 0.717) is 30.0 Å². The van der Waals surface area contributed by atoms with Crippen molar-refractivity contribution < 1.29 is 9.59 Å². The van der Waals surface area contributed by atoms with E-state index in [1.54, 1.807) is 13.1 Å². The van der Waals surface area contributed by atoms with E-state index in [-0.39, 0.29) is 18.4 Å². The second kappa shape index (κ2) is 8.78. The summed E-state index contributed by atoms with van der Waals surface area (Å²) in [4.78, 5) is 30.4. The Balaban J connectivity index is 1.66. The fraction of sp³-hybridized carbons (Fsp3) is 0.364. The van der Waals surface area contributed by atoms with Gasteiger partial charge in [0.15, 0.2) is 0 Å². The molecule has 6 heteroatoms. The zero-order valence-electron chi connectivity index (χ0n) is 16.4. The van der Waals surface area contributed by atoms with Crippen LogP contribution in [0.25, 0.3) is 0 Å². The molecule has 2 amide bonds. The van der Waals surface area contributed by atoms with Gasteiger partial charge in [0, 0.05) is 36.8 Å². The Morgan fingerprint density at radius 3 is 2.68 bits per heavy atom. The number of amides is 2. The lowest BCUT2D eigenvalue weighted by atomic mass is 9.97. The van der Waals surface area contributed by atoms with Gasteiger partial charge in [-0.3, -0.25) is 14.6 Å². The van der Waals surface area contributed by atoms with E-state index >= 15 is 0 Å². The first-order chi connectivity index (χ1) is 13.4. The van der Waals surface area contributed by atoms with Gasteiger partial charge in [-0.15, -0.1) is 0 Å². The number of pyridine rings is 1. The molecule has 1 aromatic carbocycles. The number of carbonyl (C=O) groups is 2. The number of rotatable bonds is 6. The highest BCUT2D eigenvalue weighted by molar-refractivity contribution is 5.96. The van der Waals surface area contributed by atoms with Gasteiger partial charge >= 0.3 is 0 Å². The molecule has 3 rings (SSSR count). The van der Waals surface area contributed by atoms with Crippen molar-refractivity contribution in [2.24, 2.45) is 5.92 Å². The molecule has 1 aromatic heterocycles. The second-order valence-corrected chi connectivity index (χ2v) is 7.53. The number of aromatic nitrogens is 1. The SMILES string of the molecule is CC(=N)CNC(=O)c1cncc(Cc2ccc(N3CCC(C)CC3=O)cc2)c1. The molecule has 0 bridgehead atoms. The first-order valence-electron chi connectivity index (χ1n) is 9.58. The molecule has 1 unspecified atom stereocenters. The van der Waals surface area contributed by atoms with Gasteiger partial charge in [0.2, 0.25) is 5.91 Å². The lowest BCUT2D eigenvalue weighted by Crippen LogP contribution is -2.38. The average Bonchev–Trinajstić information content (AvgIpc) is 2.67. The van der Waals surface area contributed by atoms with Crippen molar-refractivity contribution in [1.29, 1.82) is 5.41 Å². The second-order valence-electron chi connectivity index (χ2n) is 7.53. The first kappa shape index (κ1) is 19.7. The minimum absolute atomic E-state index is 0.189. The fourth-order valence-electron chi connectivity index (χ4n) is 3.31. The summed E-state index contributed by atoms with van der Waals surface area (Å²) < 4.78 is 0. The van der Waals surface area contributed by atoms with Crippen LogP contribution in [-0.4, -0.2) is 35.6 Å². The van der Waals surface area contributed by atoms with Crippen LogP contribution in [0.5, 0.6) is 0 Å². The summed E-state index contributed by atoms with van der Waals surface area (Å²) in [6.45, 7) is 4.78. The number of piperidine rings is 1. The predicted molar refractivity (Wildman–Crippen MR) is 110 cm³/mol. The van der Waals surface area contributed by atoms with E-state index in [0.717, 1.165) is 29.8 Å². The van der Waals surface area contributed by atoms with Crippen molar-refractivity contribution in [3.63, 3.8) is 0 Å². The fourth-order valence-corrected chi connectivity index (χ4v) is 3.31. The Labute approximate surface area is 165 Å². The van der Waals surface area contributed by atoms with Crippen molar-refractivity contribution in [3.8, 4) is 0 Å². The van der Waals surface area contributed by atoms with Crippen molar-refractivity contribution in [2.75, 3.05) is 18.0 Å². The molecule has 0 radical (unpaired) electrons.